The monoisotopic (exact) mass is 300 g/mol. The first kappa shape index (κ1) is 15.3. The Kier molecular flexibility index (Phi) is 5.44. The number of morpholine rings is 1. The summed E-state index contributed by atoms with van der Waals surface area (Å²) in [6, 6.07) is 3.11. The summed E-state index contributed by atoms with van der Waals surface area (Å²) in [5.41, 5.74) is 5.90. The zero-order chi connectivity index (χ0) is 14.4. The Morgan fingerprint density at radius 1 is 1.40 bits per heavy atom. The molecule has 112 valence electrons. The summed E-state index contributed by atoms with van der Waals surface area (Å²) in [4.78, 5) is 6.31. The van der Waals surface area contributed by atoms with Crippen LogP contribution in [-0.2, 0) is 21.3 Å². The van der Waals surface area contributed by atoms with E-state index < -0.39 is 10.0 Å². The molecular weight excluding hydrogens is 280 g/mol. The number of pyridine rings is 1. The standard InChI is InChI=1S/C12H20N4O3S/c13-10-11-12(2-1-3-14-11)20(17,18)15-4-5-16-6-8-19-9-7-16/h1-3,15H,4-10,13H2. The molecule has 1 aromatic heterocycles. The van der Waals surface area contributed by atoms with Crippen LogP contribution in [-0.4, -0.2) is 57.7 Å². The highest BCUT2D eigenvalue weighted by molar-refractivity contribution is 7.89. The van der Waals surface area contributed by atoms with Crippen LogP contribution in [0.2, 0.25) is 0 Å². The number of hydrogen-bond donors (Lipinski definition) is 2. The largest absolute Gasteiger partial charge is 0.379 e. The van der Waals surface area contributed by atoms with E-state index in [2.05, 4.69) is 14.6 Å². The summed E-state index contributed by atoms with van der Waals surface area (Å²) < 4.78 is 32.2. The van der Waals surface area contributed by atoms with Crippen LogP contribution in [0.25, 0.3) is 0 Å². The molecule has 2 rings (SSSR count). The summed E-state index contributed by atoms with van der Waals surface area (Å²) in [7, 11) is -3.55. The van der Waals surface area contributed by atoms with Crippen molar-refractivity contribution >= 4 is 10.0 Å². The lowest BCUT2D eigenvalue weighted by atomic mass is 10.3. The van der Waals surface area contributed by atoms with E-state index in [0.29, 0.717) is 32.0 Å². The molecule has 7 nitrogen and oxygen atoms in total. The Hall–Kier alpha value is -1.06. The number of nitrogens with zero attached hydrogens (tertiary/aromatic N) is 2. The van der Waals surface area contributed by atoms with Crippen molar-refractivity contribution in [1.29, 1.82) is 0 Å². The van der Waals surface area contributed by atoms with Crippen molar-refractivity contribution in [2.75, 3.05) is 39.4 Å². The van der Waals surface area contributed by atoms with E-state index >= 15 is 0 Å². The molecule has 0 amide bonds. The van der Waals surface area contributed by atoms with Crippen molar-refractivity contribution in [1.82, 2.24) is 14.6 Å². The fourth-order valence-corrected chi connectivity index (χ4v) is 3.28. The molecule has 0 saturated carbocycles. The van der Waals surface area contributed by atoms with E-state index in [1.807, 2.05) is 0 Å². The number of sulfonamides is 1. The molecular formula is C12H20N4O3S. The topological polar surface area (TPSA) is 97.5 Å². The second kappa shape index (κ2) is 7.09. The second-order valence-electron chi connectivity index (χ2n) is 4.50. The average Bonchev–Trinajstić information content (AvgIpc) is 2.48. The van der Waals surface area contributed by atoms with Crippen molar-refractivity contribution in [3.63, 3.8) is 0 Å². The molecule has 1 aromatic rings. The second-order valence-corrected chi connectivity index (χ2v) is 6.24. The summed E-state index contributed by atoms with van der Waals surface area (Å²) in [5.74, 6) is 0. The van der Waals surface area contributed by atoms with Gasteiger partial charge in [0.05, 0.1) is 18.9 Å². The number of rotatable bonds is 6. The summed E-state index contributed by atoms with van der Waals surface area (Å²) in [6.45, 7) is 4.20. The van der Waals surface area contributed by atoms with Gasteiger partial charge in [0.15, 0.2) is 0 Å². The lowest BCUT2D eigenvalue weighted by molar-refractivity contribution is 0.0390. The van der Waals surface area contributed by atoms with Gasteiger partial charge in [-0.05, 0) is 12.1 Å². The molecule has 0 bridgehead atoms. The Morgan fingerprint density at radius 2 is 2.15 bits per heavy atom. The molecule has 0 aromatic carbocycles. The van der Waals surface area contributed by atoms with E-state index in [9.17, 15) is 8.42 Å². The predicted octanol–water partition coefficient (Wildman–Crippen LogP) is -0.849. The van der Waals surface area contributed by atoms with Crippen molar-refractivity contribution in [2.45, 2.75) is 11.4 Å². The number of hydrogen-bond acceptors (Lipinski definition) is 6. The van der Waals surface area contributed by atoms with Gasteiger partial charge in [-0.2, -0.15) is 0 Å². The quantitative estimate of drug-likeness (QED) is 0.710. The maximum atomic E-state index is 12.2. The van der Waals surface area contributed by atoms with E-state index in [-0.39, 0.29) is 11.4 Å². The van der Waals surface area contributed by atoms with Gasteiger partial charge in [-0.1, -0.05) is 0 Å². The number of ether oxygens (including phenoxy) is 1. The zero-order valence-corrected chi connectivity index (χ0v) is 12.1. The maximum Gasteiger partial charge on any atom is 0.242 e. The first-order valence-electron chi connectivity index (χ1n) is 6.57. The van der Waals surface area contributed by atoms with Crippen LogP contribution in [0.4, 0.5) is 0 Å². The molecule has 0 unspecified atom stereocenters. The lowest BCUT2D eigenvalue weighted by Gasteiger charge is -2.26. The Bertz CT molecular complexity index is 529. The van der Waals surface area contributed by atoms with E-state index in [4.69, 9.17) is 10.5 Å². The molecule has 3 N–H and O–H groups in total. The van der Waals surface area contributed by atoms with Gasteiger partial charge < -0.3 is 10.5 Å². The van der Waals surface area contributed by atoms with Crippen LogP contribution in [0.5, 0.6) is 0 Å². The fraction of sp³-hybridized carbons (Fsp3) is 0.583. The first-order valence-corrected chi connectivity index (χ1v) is 8.05. The third kappa shape index (κ3) is 3.97. The molecule has 0 spiro atoms. The highest BCUT2D eigenvalue weighted by Crippen LogP contribution is 2.11. The predicted molar refractivity (Wildman–Crippen MR) is 74.6 cm³/mol. The fourth-order valence-electron chi connectivity index (χ4n) is 2.06. The minimum absolute atomic E-state index is 0.0978. The Labute approximate surface area is 119 Å². The SMILES string of the molecule is NCc1ncccc1S(=O)(=O)NCCN1CCOCC1. The molecule has 1 fully saturated rings. The minimum atomic E-state index is -3.55. The van der Waals surface area contributed by atoms with Gasteiger partial charge in [-0.25, -0.2) is 13.1 Å². The van der Waals surface area contributed by atoms with Crippen LogP contribution >= 0.6 is 0 Å². The normalized spacial score (nSPS) is 17.2. The van der Waals surface area contributed by atoms with E-state index in [1.54, 1.807) is 6.07 Å². The van der Waals surface area contributed by atoms with Crippen LogP contribution in [0.15, 0.2) is 23.2 Å². The highest BCUT2D eigenvalue weighted by atomic mass is 32.2. The number of nitrogens with two attached hydrogens (primary N) is 1. The molecule has 1 aliphatic rings. The maximum absolute atomic E-state index is 12.2. The van der Waals surface area contributed by atoms with Gasteiger partial charge in [0.1, 0.15) is 4.90 Å². The molecule has 20 heavy (non-hydrogen) atoms. The minimum Gasteiger partial charge on any atom is -0.379 e. The third-order valence-corrected chi connectivity index (χ3v) is 4.69. The molecule has 0 radical (unpaired) electrons. The molecule has 0 aliphatic carbocycles. The van der Waals surface area contributed by atoms with E-state index in [0.717, 1.165) is 13.1 Å². The molecule has 8 heteroatoms. The Balaban J connectivity index is 1.93. The van der Waals surface area contributed by atoms with Gasteiger partial charge in [-0.15, -0.1) is 0 Å². The van der Waals surface area contributed by atoms with Crippen molar-refractivity contribution in [3.8, 4) is 0 Å². The number of aromatic nitrogens is 1. The molecule has 1 aliphatic heterocycles. The van der Waals surface area contributed by atoms with Crippen LogP contribution in [0.3, 0.4) is 0 Å². The molecule has 2 heterocycles. The summed E-state index contributed by atoms with van der Waals surface area (Å²) in [5, 5.41) is 0. The lowest BCUT2D eigenvalue weighted by Crippen LogP contribution is -2.41. The van der Waals surface area contributed by atoms with Gasteiger partial charge in [-0.3, -0.25) is 9.88 Å². The summed E-state index contributed by atoms with van der Waals surface area (Å²) in [6.07, 6.45) is 1.54. The van der Waals surface area contributed by atoms with Gasteiger partial charge in [0.2, 0.25) is 10.0 Å². The van der Waals surface area contributed by atoms with Crippen LogP contribution in [0, 0.1) is 0 Å². The zero-order valence-electron chi connectivity index (χ0n) is 11.3. The van der Waals surface area contributed by atoms with Gasteiger partial charge in [0, 0.05) is 38.9 Å². The van der Waals surface area contributed by atoms with E-state index in [1.165, 1.54) is 12.3 Å². The first-order chi connectivity index (χ1) is 9.63. The smallest absolute Gasteiger partial charge is 0.242 e. The van der Waals surface area contributed by atoms with Gasteiger partial charge >= 0.3 is 0 Å². The Morgan fingerprint density at radius 3 is 2.85 bits per heavy atom. The van der Waals surface area contributed by atoms with Crippen LogP contribution in [0.1, 0.15) is 5.69 Å². The highest BCUT2D eigenvalue weighted by Gasteiger charge is 2.18. The third-order valence-electron chi connectivity index (χ3n) is 3.16. The van der Waals surface area contributed by atoms with Crippen LogP contribution < -0.4 is 10.5 Å². The number of nitrogens with one attached hydrogen (secondary N) is 1. The van der Waals surface area contributed by atoms with Crippen molar-refractivity contribution < 1.29 is 13.2 Å². The summed E-state index contributed by atoms with van der Waals surface area (Å²) >= 11 is 0. The van der Waals surface area contributed by atoms with Crippen molar-refractivity contribution in [3.05, 3.63) is 24.0 Å². The van der Waals surface area contributed by atoms with Crippen molar-refractivity contribution in [2.24, 2.45) is 5.73 Å². The van der Waals surface area contributed by atoms with Gasteiger partial charge in [0.25, 0.3) is 0 Å². The molecule has 0 atom stereocenters. The average molecular weight is 300 g/mol. The molecule has 1 saturated heterocycles.